The number of aliphatic carboxylic acids is 1. The highest BCUT2D eigenvalue weighted by molar-refractivity contribution is 5.70. The van der Waals surface area contributed by atoms with Crippen LogP contribution in [0.1, 0.15) is 25.7 Å². The molecule has 0 bridgehead atoms. The van der Waals surface area contributed by atoms with Gasteiger partial charge in [0.05, 0.1) is 24.0 Å². The summed E-state index contributed by atoms with van der Waals surface area (Å²) in [7, 11) is 1.28. The molecule has 1 aromatic rings. The van der Waals surface area contributed by atoms with Gasteiger partial charge in [-0.15, -0.1) is 0 Å². The van der Waals surface area contributed by atoms with Crippen LogP contribution >= 0.6 is 0 Å². The van der Waals surface area contributed by atoms with Crippen LogP contribution in [0.5, 0.6) is 5.75 Å². The number of carbonyl (C=O) groups is 1. The molecule has 22 heavy (non-hydrogen) atoms. The lowest BCUT2D eigenvalue weighted by Crippen LogP contribution is -2.29. The number of rotatable bonds is 5. The molecule has 2 rings (SSSR count). The maximum Gasteiger partial charge on any atom is 0.306 e. The number of nitro groups is 1. The number of halogens is 1. The van der Waals surface area contributed by atoms with Crippen LogP contribution in [0.4, 0.5) is 15.8 Å². The number of nitrogens with zero attached hydrogens (tertiary/aromatic N) is 1. The van der Waals surface area contributed by atoms with Crippen LogP contribution in [0.2, 0.25) is 0 Å². The molecule has 1 fully saturated rings. The Morgan fingerprint density at radius 1 is 1.41 bits per heavy atom. The first-order chi connectivity index (χ1) is 10.4. The minimum absolute atomic E-state index is 0.0766. The van der Waals surface area contributed by atoms with Gasteiger partial charge in [0.25, 0.3) is 5.69 Å². The fourth-order valence-electron chi connectivity index (χ4n) is 2.67. The van der Waals surface area contributed by atoms with E-state index in [1.54, 1.807) is 0 Å². The Kier molecular flexibility index (Phi) is 4.79. The topological polar surface area (TPSA) is 102 Å². The fraction of sp³-hybridized carbons (Fsp3) is 0.500. The standard InChI is InChI=1S/C14H17FN2O5/c1-22-13-7-11(12(17(20)21)6-10(13)15)16-9-4-2-8(3-5-9)14(18)19/h6-9,16H,2-5H2,1H3,(H,18,19). The maximum atomic E-state index is 13.6. The molecule has 2 N–H and O–H groups in total. The first-order valence-corrected chi connectivity index (χ1v) is 6.93. The summed E-state index contributed by atoms with van der Waals surface area (Å²) in [6.45, 7) is 0. The molecule has 1 aliphatic carbocycles. The molecule has 0 unspecified atom stereocenters. The van der Waals surface area contributed by atoms with Crippen LogP contribution in [0, 0.1) is 21.8 Å². The summed E-state index contributed by atoms with van der Waals surface area (Å²) in [4.78, 5) is 21.3. The Hall–Kier alpha value is -2.38. The second-order valence-electron chi connectivity index (χ2n) is 5.29. The Bertz CT molecular complexity index is 585. The summed E-state index contributed by atoms with van der Waals surface area (Å²) >= 11 is 0. The van der Waals surface area contributed by atoms with Crippen molar-refractivity contribution in [1.29, 1.82) is 0 Å². The van der Waals surface area contributed by atoms with E-state index in [1.165, 1.54) is 13.2 Å². The van der Waals surface area contributed by atoms with E-state index in [4.69, 9.17) is 9.84 Å². The zero-order valence-electron chi connectivity index (χ0n) is 12.0. The molecule has 0 heterocycles. The summed E-state index contributed by atoms with van der Waals surface area (Å²) in [6, 6.07) is 2.00. The lowest BCUT2D eigenvalue weighted by molar-refractivity contribution is -0.384. The number of nitrogens with one attached hydrogen (secondary N) is 1. The highest BCUT2D eigenvalue weighted by Gasteiger charge is 2.28. The third-order valence-electron chi connectivity index (χ3n) is 3.90. The van der Waals surface area contributed by atoms with Gasteiger partial charge in [0, 0.05) is 12.1 Å². The quantitative estimate of drug-likeness (QED) is 0.640. The second-order valence-corrected chi connectivity index (χ2v) is 5.29. The maximum absolute atomic E-state index is 13.6. The zero-order valence-corrected chi connectivity index (χ0v) is 12.0. The van der Waals surface area contributed by atoms with Crippen molar-refractivity contribution in [2.45, 2.75) is 31.7 Å². The van der Waals surface area contributed by atoms with E-state index in [1.807, 2.05) is 0 Å². The first kappa shape index (κ1) is 16.0. The van der Waals surface area contributed by atoms with Crippen molar-refractivity contribution in [3.8, 4) is 5.75 Å². The molecule has 1 aliphatic rings. The highest BCUT2D eigenvalue weighted by Crippen LogP contribution is 2.34. The van der Waals surface area contributed by atoms with E-state index < -0.39 is 16.7 Å². The molecule has 0 saturated heterocycles. The van der Waals surface area contributed by atoms with E-state index >= 15 is 0 Å². The number of nitro benzene ring substituents is 1. The van der Waals surface area contributed by atoms with Crippen molar-refractivity contribution in [3.05, 3.63) is 28.1 Å². The third-order valence-corrected chi connectivity index (χ3v) is 3.90. The second kappa shape index (κ2) is 6.59. The van der Waals surface area contributed by atoms with Gasteiger partial charge in [-0.1, -0.05) is 0 Å². The molecular formula is C14H17FN2O5. The van der Waals surface area contributed by atoms with Gasteiger partial charge >= 0.3 is 5.97 Å². The first-order valence-electron chi connectivity index (χ1n) is 6.93. The van der Waals surface area contributed by atoms with Gasteiger partial charge in [0.2, 0.25) is 0 Å². The van der Waals surface area contributed by atoms with Crippen molar-refractivity contribution in [2.75, 3.05) is 12.4 Å². The predicted molar refractivity (Wildman–Crippen MR) is 76.6 cm³/mol. The molecule has 0 spiro atoms. The van der Waals surface area contributed by atoms with E-state index in [0.29, 0.717) is 25.7 Å². The molecule has 1 aromatic carbocycles. The van der Waals surface area contributed by atoms with Crippen molar-refractivity contribution in [1.82, 2.24) is 0 Å². The lowest BCUT2D eigenvalue weighted by atomic mass is 9.86. The van der Waals surface area contributed by atoms with E-state index in [-0.39, 0.29) is 29.1 Å². The summed E-state index contributed by atoms with van der Waals surface area (Å²) in [5, 5.41) is 23.0. The number of benzene rings is 1. The van der Waals surface area contributed by atoms with Gasteiger partial charge in [0.15, 0.2) is 11.6 Å². The SMILES string of the molecule is COc1cc(NC2CCC(C(=O)O)CC2)c([N+](=O)[O-])cc1F. The number of carboxylic acid groups (broad SMARTS) is 1. The normalized spacial score (nSPS) is 21.2. The summed E-state index contributed by atoms with van der Waals surface area (Å²) < 4.78 is 18.4. The minimum atomic E-state index is -0.812. The van der Waals surface area contributed by atoms with E-state index in [9.17, 15) is 19.3 Å². The van der Waals surface area contributed by atoms with Crippen LogP contribution in [0.25, 0.3) is 0 Å². The molecule has 7 nitrogen and oxygen atoms in total. The molecule has 120 valence electrons. The number of hydrogen-bond acceptors (Lipinski definition) is 5. The van der Waals surface area contributed by atoms with E-state index in [2.05, 4.69) is 5.32 Å². The van der Waals surface area contributed by atoms with Crippen molar-refractivity contribution in [3.63, 3.8) is 0 Å². The predicted octanol–water partition coefficient (Wildman–Crippen LogP) is 2.80. The van der Waals surface area contributed by atoms with Gasteiger partial charge in [-0.05, 0) is 25.7 Å². The van der Waals surface area contributed by atoms with Gasteiger partial charge < -0.3 is 15.2 Å². The average Bonchev–Trinajstić information content (AvgIpc) is 2.49. The smallest absolute Gasteiger partial charge is 0.306 e. The van der Waals surface area contributed by atoms with Gasteiger partial charge in [-0.3, -0.25) is 14.9 Å². The van der Waals surface area contributed by atoms with Crippen LogP contribution < -0.4 is 10.1 Å². The molecule has 0 amide bonds. The average molecular weight is 312 g/mol. The minimum Gasteiger partial charge on any atom is -0.494 e. The lowest BCUT2D eigenvalue weighted by Gasteiger charge is -2.27. The molecule has 8 heteroatoms. The Morgan fingerprint density at radius 2 is 2.05 bits per heavy atom. The number of anilines is 1. The molecule has 1 saturated carbocycles. The molecule has 0 radical (unpaired) electrons. The van der Waals surface area contributed by atoms with Crippen LogP contribution in [0.3, 0.4) is 0 Å². The van der Waals surface area contributed by atoms with Gasteiger partial charge in [0.1, 0.15) is 5.69 Å². The Balaban J connectivity index is 2.15. The number of carboxylic acids is 1. The summed E-state index contributed by atoms with van der Waals surface area (Å²) in [6.07, 6.45) is 2.21. The van der Waals surface area contributed by atoms with Crippen molar-refractivity contribution >= 4 is 17.3 Å². The Labute approximate surface area is 126 Å². The fourth-order valence-corrected chi connectivity index (χ4v) is 2.67. The van der Waals surface area contributed by atoms with Gasteiger partial charge in [-0.2, -0.15) is 0 Å². The third kappa shape index (κ3) is 3.44. The van der Waals surface area contributed by atoms with Crippen LogP contribution in [-0.4, -0.2) is 29.2 Å². The number of hydrogen-bond donors (Lipinski definition) is 2. The monoisotopic (exact) mass is 312 g/mol. The molecule has 0 aromatic heterocycles. The van der Waals surface area contributed by atoms with E-state index in [0.717, 1.165) is 6.07 Å². The zero-order chi connectivity index (χ0) is 16.3. The van der Waals surface area contributed by atoms with Gasteiger partial charge in [-0.25, -0.2) is 4.39 Å². The largest absolute Gasteiger partial charge is 0.494 e. The van der Waals surface area contributed by atoms with Crippen molar-refractivity contribution < 1.29 is 24.0 Å². The number of methoxy groups -OCH3 is 1. The summed E-state index contributed by atoms with van der Waals surface area (Å²) in [5.41, 5.74) is -0.180. The Morgan fingerprint density at radius 3 is 2.55 bits per heavy atom. The number of ether oxygens (including phenoxy) is 1. The molecule has 0 atom stereocenters. The summed E-state index contributed by atoms with van der Waals surface area (Å²) in [5.74, 6) is -2.05. The van der Waals surface area contributed by atoms with Crippen molar-refractivity contribution in [2.24, 2.45) is 5.92 Å². The van der Waals surface area contributed by atoms with Crippen LogP contribution in [0.15, 0.2) is 12.1 Å². The van der Waals surface area contributed by atoms with Crippen LogP contribution in [-0.2, 0) is 4.79 Å². The molecular weight excluding hydrogens is 295 g/mol. The highest BCUT2D eigenvalue weighted by atomic mass is 19.1. The molecule has 0 aliphatic heterocycles.